The highest BCUT2D eigenvalue weighted by molar-refractivity contribution is 5.79. The van der Waals surface area contributed by atoms with Crippen LogP contribution in [0.4, 0.5) is 5.82 Å². The standard InChI is InChI=1S/C27H30N6O/c1-18-12-19(2)14-22(13-18)24-16-25-30-20(3)15-26(33(25)31-24)32-10-7-21(8-11-32)27(34)29-17-23-6-4-5-9-28-23/h4-6,9,12-16,21H,7-8,10-11,17H2,1-3H3,(H,29,34). The third-order valence-corrected chi connectivity index (χ3v) is 6.41. The van der Waals surface area contributed by atoms with Crippen molar-refractivity contribution in [3.05, 3.63) is 77.2 Å². The molecule has 174 valence electrons. The molecule has 4 heterocycles. The van der Waals surface area contributed by atoms with Crippen molar-refractivity contribution in [2.75, 3.05) is 18.0 Å². The van der Waals surface area contributed by atoms with E-state index in [-0.39, 0.29) is 11.8 Å². The number of amides is 1. The fourth-order valence-electron chi connectivity index (χ4n) is 4.76. The zero-order chi connectivity index (χ0) is 23.7. The molecule has 1 aliphatic heterocycles. The van der Waals surface area contributed by atoms with Crippen molar-refractivity contribution in [2.45, 2.75) is 40.2 Å². The lowest BCUT2D eigenvalue weighted by Crippen LogP contribution is -2.41. The van der Waals surface area contributed by atoms with Crippen LogP contribution in [-0.4, -0.2) is 38.6 Å². The maximum atomic E-state index is 12.7. The molecular formula is C27H30N6O. The van der Waals surface area contributed by atoms with E-state index in [1.54, 1.807) is 6.20 Å². The van der Waals surface area contributed by atoms with Crippen LogP contribution in [0.25, 0.3) is 16.9 Å². The predicted molar refractivity (Wildman–Crippen MR) is 134 cm³/mol. The summed E-state index contributed by atoms with van der Waals surface area (Å²) in [5, 5.41) is 7.97. The topological polar surface area (TPSA) is 75.4 Å². The summed E-state index contributed by atoms with van der Waals surface area (Å²) in [7, 11) is 0. The molecule has 7 heteroatoms. The van der Waals surface area contributed by atoms with Crippen LogP contribution in [0, 0.1) is 26.7 Å². The molecule has 0 atom stereocenters. The van der Waals surface area contributed by atoms with Gasteiger partial charge in [0.15, 0.2) is 5.65 Å². The molecule has 1 saturated heterocycles. The number of benzene rings is 1. The van der Waals surface area contributed by atoms with Gasteiger partial charge in [-0.2, -0.15) is 9.61 Å². The summed E-state index contributed by atoms with van der Waals surface area (Å²) in [4.78, 5) is 24.0. The number of carbonyl (C=O) groups is 1. The number of aromatic nitrogens is 4. The Morgan fingerprint density at radius 1 is 1.03 bits per heavy atom. The molecule has 1 N–H and O–H groups in total. The van der Waals surface area contributed by atoms with Gasteiger partial charge in [-0.05, 0) is 57.9 Å². The number of pyridine rings is 1. The number of hydrogen-bond acceptors (Lipinski definition) is 5. The lowest BCUT2D eigenvalue weighted by Gasteiger charge is -2.33. The van der Waals surface area contributed by atoms with E-state index in [0.717, 1.165) is 60.0 Å². The molecule has 0 bridgehead atoms. The highest BCUT2D eigenvalue weighted by atomic mass is 16.1. The van der Waals surface area contributed by atoms with Crippen molar-refractivity contribution in [1.82, 2.24) is 24.9 Å². The highest BCUT2D eigenvalue weighted by Gasteiger charge is 2.26. The number of hydrogen-bond donors (Lipinski definition) is 1. The summed E-state index contributed by atoms with van der Waals surface area (Å²) >= 11 is 0. The zero-order valence-corrected chi connectivity index (χ0v) is 20.0. The van der Waals surface area contributed by atoms with E-state index in [2.05, 4.69) is 59.4 Å². The second-order valence-electron chi connectivity index (χ2n) is 9.23. The summed E-state index contributed by atoms with van der Waals surface area (Å²) in [6.45, 7) is 8.31. The van der Waals surface area contributed by atoms with Crippen molar-refractivity contribution in [3.63, 3.8) is 0 Å². The quantitative estimate of drug-likeness (QED) is 0.488. The maximum absolute atomic E-state index is 12.7. The third-order valence-electron chi connectivity index (χ3n) is 6.41. The molecule has 5 rings (SSSR count). The van der Waals surface area contributed by atoms with Crippen LogP contribution in [0.5, 0.6) is 0 Å². The maximum Gasteiger partial charge on any atom is 0.223 e. The minimum absolute atomic E-state index is 0.0156. The smallest absolute Gasteiger partial charge is 0.223 e. The van der Waals surface area contributed by atoms with Gasteiger partial charge in [0.25, 0.3) is 0 Å². The molecule has 1 fully saturated rings. The number of fused-ring (bicyclic) bond motifs is 1. The van der Waals surface area contributed by atoms with Gasteiger partial charge < -0.3 is 10.2 Å². The van der Waals surface area contributed by atoms with E-state index in [0.29, 0.717) is 6.54 Å². The molecule has 0 aliphatic carbocycles. The molecule has 0 saturated carbocycles. The Hall–Kier alpha value is -3.74. The Balaban J connectivity index is 1.32. The highest BCUT2D eigenvalue weighted by Crippen LogP contribution is 2.28. The first-order valence-corrected chi connectivity index (χ1v) is 11.8. The summed E-state index contributed by atoms with van der Waals surface area (Å²) in [5.74, 6) is 1.16. The van der Waals surface area contributed by atoms with E-state index in [9.17, 15) is 4.79 Å². The number of aryl methyl sites for hydroxylation is 3. The Labute approximate surface area is 199 Å². The van der Waals surface area contributed by atoms with E-state index < -0.39 is 0 Å². The molecule has 0 radical (unpaired) electrons. The Morgan fingerprint density at radius 3 is 2.50 bits per heavy atom. The fourth-order valence-corrected chi connectivity index (χ4v) is 4.76. The third kappa shape index (κ3) is 4.64. The number of piperidine rings is 1. The van der Waals surface area contributed by atoms with Crippen LogP contribution in [-0.2, 0) is 11.3 Å². The van der Waals surface area contributed by atoms with E-state index >= 15 is 0 Å². The first kappa shape index (κ1) is 22.1. The molecular weight excluding hydrogens is 424 g/mol. The normalized spacial score (nSPS) is 14.5. The average molecular weight is 455 g/mol. The summed E-state index contributed by atoms with van der Waals surface area (Å²) < 4.78 is 1.95. The van der Waals surface area contributed by atoms with Gasteiger partial charge >= 0.3 is 0 Å². The number of carbonyl (C=O) groups excluding carboxylic acids is 1. The van der Waals surface area contributed by atoms with Gasteiger partial charge in [0, 0.05) is 48.6 Å². The van der Waals surface area contributed by atoms with Crippen molar-refractivity contribution < 1.29 is 4.79 Å². The SMILES string of the molecule is Cc1cc(C)cc(-c2cc3nc(C)cc(N4CCC(C(=O)NCc5ccccn5)CC4)n3n2)c1. The van der Waals surface area contributed by atoms with E-state index in [4.69, 9.17) is 10.1 Å². The molecule has 7 nitrogen and oxygen atoms in total. The van der Waals surface area contributed by atoms with Crippen LogP contribution < -0.4 is 10.2 Å². The van der Waals surface area contributed by atoms with Gasteiger partial charge in [-0.15, -0.1) is 0 Å². The molecule has 1 aromatic carbocycles. The van der Waals surface area contributed by atoms with E-state index in [1.165, 1.54) is 11.1 Å². The van der Waals surface area contributed by atoms with E-state index in [1.807, 2.05) is 29.6 Å². The van der Waals surface area contributed by atoms with Gasteiger partial charge in [-0.1, -0.05) is 23.3 Å². The van der Waals surface area contributed by atoms with Crippen LogP contribution in [0.1, 0.15) is 35.4 Å². The summed E-state index contributed by atoms with van der Waals surface area (Å²) in [5.41, 5.74) is 7.16. The lowest BCUT2D eigenvalue weighted by atomic mass is 9.96. The van der Waals surface area contributed by atoms with Gasteiger partial charge in [0.05, 0.1) is 17.9 Å². The molecule has 0 unspecified atom stereocenters. The van der Waals surface area contributed by atoms with Crippen LogP contribution in [0.15, 0.2) is 54.7 Å². The number of nitrogens with one attached hydrogen (secondary N) is 1. The first-order chi connectivity index (χ1) is 16.5. The van der Waals surface area contributed by atoms with Gasteiger partial charge in [0.2, 0.25) is 5.91 Å². The second-order valence-corrected chi connectivity index (χ2v) is 9.23. The Kier molecular flexibility index (Phi) is 6.01. The molecule has 1 aliphatic rings. The molecule has 4 aromatic rings. The van der Waals surface area contributed by atoms with Crippen molar-refractivity contribution in [2.24, 2.45) is 5.92 Å². The van der Waals surface area contributed by atoms with Crippen molar-refractivity contribution >= 4 is 17.4 Å². The van der Waals surface area contributed by atoms with Gasteiger partial charge in [-0.3, -0.25) is 9.78 Å². The van der Waals surface area contributed by atoms with Crippen molar-refractivity contribution in [1.29, 1.82) is 0 Å². The minimum Gasteiger partial charge on any atom is -0.356 e. The minimum atomic E-state index is 0.0156. The monoisotopic (exact) mass is 454 g/mol. The molecule has 1 amide bonds. The Bertz CT molecular complexity index is 1300. The largest absolute Gasteiger partial charge is 0.356 e. The van der Waals surface area contributed by atoms with Crippen molar-refractivity contribution in [3.8, 4) is 11.3 Å². The second kappa shape index (κ2) is 9.25. The first-order valence-electron chi connectivity index (χ1n) is 11.8. The molecule has 3 aromatic heterocycles. The lowest BCUT2D eigenvalue weighted by molar-refractivity contribution is -0.125. The molecule has 0 spiro atoms. The zero-order valence-electron chi connectivity index (χ0n) is 20.0. The average Bonchev–Trinajstić information content (AvgIpc) is 3.26. The summed E-state index contributed by atoms with van der Waals surface area (Å²) in [6, 6.07) is 16.4. The number of rotatable bonds is 5. The predicted octanol–water partition coefficient (Wildman–Crippen LogP) is 4.25. The molecule has 34 heavy (non-hydrogen) atoms. The van der Waals surface area contributed by atoms with Gasteiger partial charge in [-0.25, -0.2) is 4.98 Å². The fraction of sp³-hybridized carbons (Fsp3) is 0.333. The van der Waals surface area contributed by atoms with Crippen LogP contribution >= 0.6 is 0 Å². The number of nitrogens with zero attached hydrogens (tertiary/aromatic N) is 5. The Morgan fingerprint density at radius 2 is 1.79 bits per heavy atom. The van der Waals surface area contributed by atoms with Gasteiger partial charge in [0.1, 0.15) is 5.82 Å². The number of anilines is 1. The van der Waals surface area contributed by atoms with Crippen LogP contribution in [0.3, 0.4) is 0 Å². The van der Waals surface area contributed by atoms with Crippen LogP contribution in [0.2, 0.25) is 0 Å². The summed E-state index contributed by atoms with van der Waals surface area (Å²) in [6.07, 6.45) is 3.36.